The number of amides is 1. The first-order chi connectivity index (χ1) is 11.5. The molecule has 1 unspecified atom stereocenters. The number of pyridine rings is 1. The lowest BCUT2D eigenvalue weighted by Gasteiger charge is -2.25. The Bertz CT molecular complexity index is 815. The monoisotopic (exact) mass is 327 g/mol. The third-order valence-electron chi connectivity index (χ3n) is 4.22. The number of aromatic amines is 1. The molecule has 0 aromatic carbocycles. The Hall–Kier alpha value is -2.70. The number of aryl methyl sites for hydroxylation is 1. The van der Waals surface area contributed by atoms with E-state index in [-0.39, 0.29) is 17.6 Å². The van der Waals surface area contributed by atoms with Gasteiger partial charge in [0.25, 0.3) is 5.91 Å². The van der Waals surface area contributed by atoms with Crippen LogP contribution in [0.2, 0.25) is 0 Å². The second kappa shape index (κ2) is 6.43. The first-order valence-electron chi connectivity index (χ1n) is 7.98. The number of hydrogen-bond donors (Lipinski definition) is 1. The van der Waals surface area contributed by atoms with Crippen molar-refractivity contribution in [1.82, 2.24) is 19.9 Å². The largest absolute Gasteiger partial charge is 0.363 e. The third kappa shape index (κ3) is 3.15. The summed E-state index contributed by atoms with van der Waals surface area (Å²) in [5.41, 5.74) is 1.40. The van der Waals surface area contributed by atoms with Crippen LogP contribution in [0.15, 0.2) is 29.2 Å². The molecule has 1 atom stereocenters. The van der Waals surface area contributed by atoms with Crippen LogP contribution in [-0.2, 0) is 0 Å². The predicted octanol–water partition coefficient (Wildman–Crippen LogP) is 1.52. The molecule has 1 amide bonds. The predicted molar refractivity (Wildman–Crippen MR) is 91.2 cm³/mol. The quantitative estimate of drug-likeness (QED) is 0.924. The Morgan fingerprint density at radius 3 is 2.88 bits per heavy atom. The summed E-state index contributed by atoms with van der Waals surface area (Å²) in [5, 5.41) is 0. The van der Waals surface area contributed by atoms with E-state index in [9.17, 15) is 9.59 Å². The van der Waals surface area contributed by atoms with Crippen LogP contribution in [-0.4, -0.2) is 46.4 Å². The average molecular weight is 327 g/mol. The fourth-order valence-corrected chi connectivity index (χ4v) is 3.08. The number of aromatic nitrogens is 3. The highest BCUT2D eigenvalue weighted by molar-refractivity contribution is 5.92. The summed E-state index contributed by atoms with van der Waals surface area (Å²) in [7, 11) is 3.87. The van der Waals surface area contributed by atoms with E-state index >= 15 is 0 Å². The molecule has 3 rings (SSSR count). The van der Waals surface area contributed by atoms with E-state index in [4.69, 9.17) is 0 Å². The smallest absolute Gasteiger partial charge is 0.345 e. The van der Waals surface area contributed by atoms with Gasteiger partial charge in [0.2, 0.25) is 0 Å². The van der Waals surface area contributed by atoms with Crippen LogP contribution in [0.1, 0.15) is 40.6 Å². The maximum Gasteiger partial charge on any atom is 0.345 e. The van der Waals surface area contributed by atoms with Crippen molar-refractivity contribution in [2.24, 2.45) is 0 Å². The van der Waals surface area contributed by atoms with E-state index in [1.54, 1.807) is 24.1 Å². The Morgan fingerprint density at radius 1 is 1.38 bits per heavy atom. The lowest BCUT2D eigenvalue weighted by molar-refractivity contribution is 0.0729. The third-order valence-corrected chi connectivity index (χ3v) is 4.22. The number of carbonyl (C=O) groups excluding carboxylic acids is 1. The summed E-state index contributed by atoms with van der Waals surface area (Å²) in [4.78, 5) is 38.9. The zero-order chi connectivity index (χ0) is 17.3. The molecule has 0 aliphatic carbocycles. The molecule has 2 aromatic rings. The highest BCUT2D eigenvalue weighted by Crippen LogP contribution is 2.33. The standard InChI is InChI=1S/C17H21N5O2/c1-11-9-13(20-17(24)19-11)16(23)22-8-4-5-14(22)12-6-7-18-15(10-12)21(2)3/h6-7,9-10,14H,4-5,8H2,1-3H3,(H,19,20,24). The minimum atomic E-state index is -0.493. The van der Waals surface area contributed by atoms with E-state index in [0.29, 0.717) is 12.2 Å². The van der Waals surface area contributed by atoms with E-state index in [0.717, 1.165) is 24.2 Å². The Labute approximate surface area is 140 Å². The first-order valence-corrected chi connectivity index (χ1v) is 7.98. The van der Waals surface area contributed by atoms with Crippen molar-refractivity contribution in [3.05, 3.63) is 51.8 Å². The number of nitrogens with one attached hydrogen (secondary N) is 1. The molecule has 2 aromatic heterocycles. The summed E-state index contributed by atoms with van der Waals surface area (Å²) < 4.78 is 0. The molecule has 24 heavy (non-hydrogen) atoms. The van der Waals surface area contributed by atoms with Crippen molar-refractivity contribution in [3.8, 4) is 0 Å². The first kappa shape index (κ1) is 16.2. The van der Waals surface area contributed by atoms with E-state index < -0.39 is 5.69 Å². The van der Waals surface area contributed by atoms with Crippen molar-refractivity contribution in [3.63, 3.8) is 0 Å². The van der Waals surface area contributed by atoms with Gasteiger partial charge in [-0.2, -0.15) is 4.98 Å². The van der Waals surface area contributed by atoms with Crippen molar-refractivity contribution < 1.29 is 4.79 Å². The molecule has 7 heteroatoms. The molecule has 1 aliphatic heterocycles. The van der Waals surface area contributed by atoms with Crippen molar-refractivity contribution in [2.75, 3.05) is 25.5 Å². The molecule has 0 spiro atoms. The second-order valence-electron chi connectivity index (χ2n) is 6.25. The SMILES string of the molecule is Cc1cc(C(=O)N2CCCC2c2ccnc(N(C)C)c2)nc(=O)[nH]1. The lowest BCUT2D eigenvalue weighted by atomic mass is 10.1. The van der Waals surface area contributed by atoms with Gasteiger partial charge < -0.3 is 14.8 Å². The Balaban J connectivity index is 1.91. The number of rotatable bonds is 3. The number of likely N-dealkylation sites (tertiary alicyclic amines) is 1. The van der Waals surface area contributed by atoms with Crippen LogP contribution in [0.4, 0.5) is 5.82 Å². The molecular formula is C17H21N5O2. The van der Waals surface area contributed by atoms with Crippen molar-refractivity contribution in [2.45, 2.75) is 25.8 Å². The van der Waals surface area contributed by atoms with Crippen LogP contribution < -0.4 is 10.6 Å². The molecule has 0 radical (unpaired) electrons. The molecule has 0 saturated carbocycles. The summed E-state index contributed by atoms with van der Waals surface area (Å²) in [6, 6.07) is 5.56. The van der Waals surface area contributed by atoms with Crippen LogP contribution in [0.3, 0.4) is 0 Å². The van der Waals surface area contributed by atoms with Gasteiger partial charge in [0, 0.05) is 32.5 Å². The van der Waals surface area contributed by atoms with Gasteiger partial charge in [0.15, 0.2) is 0 Å². The van der Waals surface area contributed by atoms with E-state index in [2.05, 4.69) is 15.0 Å². The molecule has 1 N–H and O–H groups in total. The molecular weight excluding hydrogens is 306 g/mol. The number of anilines is 1. The van der Waals surface area contributed by atoms with Crippen LogP contribution in [0.5, 0.6) is 0 Å². The van der Waals surface area contributed by atoms with Gasteiger partial charge in [-0.25, -0.2) is 9.78 Å². The van der Waals surface area contributed by atoms with Gasteiger partial charge in [-0.15, -0.1) is 0 Å². The van der Waals surface area contributed by atoms with Crippen LogP contribution in [0, 0.1) is 6.92 Å². The van der Waals surface area contributed by atoms with Gasteiger partial charge in [-0.1, -0.05) is 0 Å². The Kier molecular flexibility index (Phi) is 4.33. The van der Waals surface area contributed by atoms with Gasteiger partial charge in [0.1, 0.15) is 11.5 Å². The Morgan fingerprint density at radius 2 is 2.17 bits per heavy atom. The summed E-state index contributed by atoms with van der Waals surface area (Å²) >= 11 is 0. The normalized spacial score (nSPS) is 17.1. The zero-order valence-corrected chi connectivity index (χ0v) is 14.1. The van der Waals surface area contributed by atoms with E-state index in [1.165, 1.54) is 0 Å². The topological polar surface area (TPSA) is 82.2 Å². The molecule has 0 bridgehead atoms. The molecule has 1 aliphatic rings. The zero-order valence-electron chi connectivity index (χ0n) is 14.1. The highest BCUT2D eigenvalue weighted by Gasteiger charge is 2.31. The van der Waals surface area contributed by atoms with Gasteiger partial charge >= 0.3 is 5.69 Å². The lowest BCUT2D eigenvalue weighted by Crippen LogP contribution is -2.33. The fourth-order valence-electron chi connectivity index (χ4n) is 3.08. The molecule has 7 nitrogen and oxygen atoms in total. The molecule has 3 heterocycles. The number of nitrogens with zero attached hydrogens (tertiary/aromatic N) is 4. The van der Waals surface area contributed by atoms with Gasteiger partial charge in [0.05, 0.1) is 6.04 Å². The maximum absolute atomic E-state index is 12.8. The van der Waals surface area contributed by atoms with Gasteiger partial charge in [-0.3, -0.25) is 4.79 Å². The van der Waals surface area contributed by atoms with E-state index in [1.807, 2.05) is 31.1 Å². The number of H-pyrrole nitrogens is 1. The molecule has 1 saturated heterocycles. The van der Waals surface area contributed by atoms with Crippen molar-refractivity contribution >= 4 is 11.7 Å². The fraction of sp³-hybridized carbons (Fsp3) is 0.412. The maximum atomic E-state index is 12.8. The minimum Gasteiger partial charge on any atom is -0.363 e. The average Bonchev–Trinajstić information content (AvgIpc) is 3.03. The second-order valence-corrected chi connectivity index (χ2v) is 6.25. The van der Waals surface area contributed by atoms with Crippen LogP contribution in [0.25, 0.3) is 0 Å². The number of carbonyl (C=O) groups is 1. The van der Waals surface area contributed by atoms with Gasteiger partial charge in [-0.05, 0) is 43.5 Å². The molecule has 126 valence electrons. The summed E-state index contributed by atoms with van der Waals surface area (Å²) in [5.74, 6) is 0.659. The van der Waals surface area contributed by atoms with Crippen molar-refractivity contribution in [1.29, 1.82) is 0 Å². The summed E-state index contributed by atoms with van der Waals surface area (Å²) in [6.45, 7) is 2.41. The highest BCUT2D eigenvalue weighted by atomic mass is 16.2. The minimum absolute atomic E-state index is 0.0133. The summed E-state index contributed by atoms with van der Waals surface area (Å²) in [6.07, 6.45) is 3.59. The van der Waals surface area contributed by atoms with Crippen LogP contribution >= 0.6 is 0 Å². The molecule has 1 fully saturated rings. The number of hydrogen-bond acceptors (Lipinski definition) is 5.